The highest BCUT2D eigenvalue weighted by Crippen LogP contribution is 2.56. The van der Waals surface area contributed by atoms with Gasteiger partial charge in [-0.25, -0.2) is 13.1 Å². The number of rotatable bonds is 4. The van der Waals surface area contributed by atoms with Crippen molar-refractivity contribution in [3.63, 3.8) is 0 Å². The van der Waals surface area contributed by atoms with Gasteiger partial charge in [0.05, 0.1) is 12.0 Å². The first-order valence-electron chi connectivity index (χ1n) is 8.67. The van der Waals surface area contributed by atoms with Crippen LogP contribution in [0.3, 0.4) is 0 Å². The van der Waals surface area contributed by atoms with Crippen LogP contribution >= 0.6 is 0 Å². The van der Waals surface area contributed by atoms with Gasteiger partial charge in [0.25, 0.3) is 10.0 Å². The van der Waals surface area contributed by atoms with Gasteiger partial charge in [0.1, 0.15) is 5.75 Å². The largest absolute Gasteiger partial charge is 0.497 e. The van der Waals surface area contributed by atoms with Crippen LogP contribution in [0.2, 0.25) is 0 Å². The zero-order chi connectivity index (χ0) is 16.9. The van der Waals surface area contributed by atoms with E-state index in [1.54, 1.807) is 12.1 Å². The molecule has 0 spiro atoms. The predicted molar refractivity (Wildman–Crippen MR) is 88.9 cm³/mol. The number of ether oxygens (including phenoxy) is 1. The third-order valence-corrected chi connectivity index (χ3v) is 7.46. The van der Waals surface area contributed by atoms with Crippen molar-refractivity contribution in [2.75, 3.05) is 7.11 Å². The fourth-order valence-electron chi connectivity index (χ4n) is 5.38. The van der Waals surface area contributed by atoms with Crippen molar-refractivity contribution >= 4 is 15.9 Å². The standard InChI is InChI=1S/C18H23NO4S/c1-23-15-3-2-4-16(10-15)24(21,22)19-18(20)17-13-6-11-5-12(8-13)9-14(17)7-11/h2-4,10-14,17H,5-9H2,1H3,(H,19,20). The molecule has 1 amide bonds. The van der Waals surface area contributed by atoms with Crippen LogP contribution in [0.4, 0.5) is 0 Å². The Balaban J connectivity index is 1.53. The van der Waals surface area contributed by atoms with Crippen molar-refractivity contribution in [3.8, 4) is 5.75 Å². The molecule has 0 heterocycles. The Morgan fingerprint density at radius 2 is 1.71 bits per heavy atom. The van der Waals surface area contributed by atoms with E-state index in [9.17, 15) is 13.2 Å². The van der Waals surface area contributed by atoms with Crippen LogP contribution < -0.4 is 9.46 Å². The highest BCUT2D eigenvalue weighted by Gasteiger charge is 2.51. The molecule has 4 aliphatic carbocycles. The topological polar surface area (TPSA) is 72.5 Å². The number of hydrogen-bond donors (Lipinski definition) is 1. The lowest BCUT2D eigenvalue weighted by atomic mass is 9.52. The van der Waals surface area contributed by atoms with Crippen LogP contribution in [0.5, 0.6) is 5.75 Å². The maximum atomic E-state index is 12.8. The molecule has 5 rings (SSSR count). The minimum absolute atomic E-state index is 0.0685. The fourth-order valence-corrected chi connectivity index (χ4v) is 6.43. The number of carbonyl (C=O) groups excluding carboxylic acids is 1. The lowest BCUT2D eigenvalue weighted by molar-refractivity contribution is -0.136. The molecule has 130 valence electrons. The van der Waals surface area contributed by atoms with Crippen LogP contribution in [0.25, 0.3) is 0 Å². The Hall–Kier alpha value is -1.56. The Labute approximate surface area is 142 Å². The van der Waals surface area contributed by atoms with Crippen molar-refractivity contribution in [2.45, 2.75) is 37.0 Å². The summed E-state index contributed by atoms with van der Waals surface area (Å²) in [5.41, 5.74) is 0. The normalized spacial score (nSPS) is 34.1. The monoisotopic (exact) mass is 349 g/mol. The van der Waals surface area contributed by atoms with Crippen molar-refractivity contribution in [1.82, 2.24) is 4.72 Å². The third-order valence-electron chi connectivity index (χ3n) is 6.12. The van der Waals surface area contributed by atoms with Gasteiger partial charge in [0, 0.05) is 12.0 Å². The van der Waals surface area contributed by atoms with E-state index in [2.05, 4.69) is 4.72 Å². The smallest absolute Gasteiger partial charge is 0.264 e. The number of methoxy groups -OCH3 is 1. The summed E-state index contributed by atoms with van der Waals surface area (Å²) in [4.78, 5) is 12.8. The summed E-state index contributed by atoms with van der Waals surface area (Å²) >= 11 is 0. The van der Waals surface area contributed by atoms with Gasteiger partial charge in [-0.1, -0.05) is 6.07 Å². The lowest BCUT2D eigenvalue weighted by Gasteiger charge is -2.53. The van der Waals surface area contributed by atoms with E-state index in [-0.39, 0.29) is 16.7 Å². The Bertz CT molecular complexity index is 730. The van der Waals surface area contributed by atoms with Gasteiger partial charge < -0.3 is 4.74 Å². The second-order valence-electron chi connectivity index (χ2n) is 7.61. The molecule has 24 heavy (non-hydrogen) atoms. The van der Waals surface area contributed by atoms with E-state index in [0.29, 0.717) is 17.6 Å². The average Bonchev–Trinajstić information content (AvgIpc) is 2.53. The minimum atomic E-state index is -3.85. The Morgan fingerprint density at radius 1 is 1.08 bits per heavy atom. The van der Waals surface area contributed by atoms with Crippen molar-refractivity contribution < 1.29 is 17.9 Å². The number of sulfonamides is 1. The maximum absolute atomic E-state index is 12.8. The van der Waals surface area contributed by atoms with Gasteiger partial charge in [0.15, 0.2) is 0 Å². The van der Waals surface area contributed by atoms with Gasteiger partial charge in [0.2, 0.25) is 5.91 Å². The first-order chi connectivity index (χ1) is 11.5. The summed E-state index contributed by atoms with van der Waals surface area (Å²) in [6, 6.07) is 6.21. The molecule has 0 saturated heterocycles. The zero-order valence-electron chi connectivity index (χ0n) is 13.8. The van der Waals surface area contributed by atoms with Crippen LogP contribution in [0, 0.1) is 29.6 Å². The summed E-state index contributed by atoms with van der Waals surface area (Å²) in [5, 5.41) is 0. The summed E-state index contributed by atoms with van der Waals surface area (Å²) in [6.07, 6.45) is 5.66. The lowest BCUT2D eigenvalue weighted by Crippen LogP contribution is -2.51. The molecule has 0 aliphatic heterocycles. The summed E-state index contributed by atoms with van der Waals surface area (Å²) < 4.78 is 32.5. The van der Waals surface area contributed by atoms with E-state index in [0.717, 1.165) is 37.5 Å². The van der Waals surface area contributed by atoms with E-state index < -0.39 is 10.0 Å². The predicted octanol–water partition coefficient (Wildman–Crippen LogP) is 2.57. The van der Waals surface area contributed by atoms with E-state index >= 15 is 0 Å². The van der Waals surface area contributed by atoms with Gasteiger partial charge in [-0.15, -0.1) is 0 Å². The number of carbonyl (C=O) groups is 1. The Morgan fingerprint density at radius 3 is 2.29 bits per heavy atom. The second kappa shape index (κ2) is 5.76. The molecule has 1 N–H and O–H groups in total. The fraction of sp³-hybridized carbons (Fsp3) is 0.611. The maximum Gasteiger partial charge on any atom is 0.264 e. The molecule has 6 heteroatoms. The molecule has 0 atom stereocenters. The van der Waals surface area contributed by atoms with Crippen molar-refractivity contribution in [3.05, 3.63) is 24.3 Å². The van der Waals surface area contributed by atoms with Crippen LogP contribution in [0.15, 0.2) is 29.2 Å². The molecule has 5 nitrogen and oxygen atoms in total. The van der Waals surface area contributed by atoms with E-state index in [1.807, 2.05) is 0 Å². The molecule has 4 saturated carbocycles. The minimum Gasteiger partial charge on any atom is -0.497 e. The van der Waals surface area contributed by atoms with Crippen LogP contribution in [0.1, 0.15) is 32.1 Å². The second-order valence-corrected chi connectivity index (χ2v) is 9.29. The van der Waals surface area contributed by atoms with Gasteiger partial charge in [-0.2, -0.15) is 0 Å². The van der Waals surface area contributed by atoms with Gasteiger partial charge in [-0.3, -0.25) is 4.79 Å². The SMILES string of the molecule is COc1cccc(S(=O)(=O)NC(=O)C2C3CC4CC(C3)CC2C4)c1. The van der Waals surface area contributed by atoms with Crippen LogP contribution in [-0.4, -0.2) is 21.4 Å². The van der Waals surface area contributed by atoms with Crippen LogP contribution in [-0.2, 0) is 14.8 Å². The molecule has 4 fully saturated rings. The van der Waals surface area contributed by atoms with E-state index in [4.69, 9.17) is 4.74 Å². The van der Waals surface area contributed by atoms with Gasteiger partial charge >= 0.3 is 0 Å². The number of amides is 1. The third kappa shape index (κ3) is 2.70. The first kappa shape index (κ1) is 15.9. The summed E-state index contributed by atoms with van der Waals surface area (Å²) in [7, 11) is -2.37. The quantitative estimate of drug-likeness (QED) is 0.907. The number of hydrogen-bond acceptors (Lipinski definition) is 4. The highest BCUT2D eigenvalue weighted by molar-refractivity contribution is 7.90. The average molecular weight is 349 g/mol. The molecule has 4 bridgehead atoms. The highest BCUT2D eigenvalue weighted by atomic mass is 32.2. The first-order valence-corrected chi connectivity index (χ1v) is 10.2. The molecular weight excluding hydrogens is 326 g/mol. The number of nitrogens with one attached hydrogen (secondary N) is 1. The summed E-state index contributed by atoms with van der Waals surface area (Å²) in [5.74, 6) is 2.24. The molecular formula is C18H23NO4S. The van der Waals surface area contributed by atoms with E-state index in [1.165, 1.54) is 25.7 Å². The Kier molecular flexibility index (Phi) is 3.82. The molecule has 1 aromatic rings. The molecule has 4 aliphatic rings. The van der Waals surface area contributed by atoms with Gasteiger partial charge in [-0.05, 0) is 67.9 Å². The zero-order valence-corrected chi connectivity index (χ0v) is 14.6. The molecule has 1 aromatic carbocycles. The molecule has 0 radical (unpaired) electrons. The summed E-state index contributed by atoms with van der Waals surface area (Å²) in [6.45, 7) is 0. The molecule has 0 aromatic heterocycles. The molecule has 0 unspecified atom stereocenters. The van der Waals surface area contributed by atoms with Crippen molar-refractivity contribution in [2.24, 2.45) is 29.6 Å². The van der Waals surface area contributed by atoms with Crippen molar-refractivity contribution in [1.29, 1.82) is 0 Å². The number of benzene rings is 1.